The van der Waals surface area contributed by atoms with Gasteiger partial charge in [0, 0.05) is 12.4 Å². The molecule has 3 nitrogen and oxygen atoms in total. The Hall–Kier alpha value is -1.26. The fourth-order valence-corrected chi connectivity index (χ4v) is 2.19. The second-order valence-electron chi connectivity index (χ2n) is 3.51. The maximum Gasteiger partial charge on any atom is 0.165 e. The van der Waals surface area contributed by atoms with Crippen molar-refractivity contribution in [2.45, 2.75) is 12.1 Å². The molecule has 0 aliphatic heterocycles. The summed E-state index contributed by atoms with van der Waals surface area (Å²) in [4.78, 5) is 7.64. The van der Waals surface area contributed by atoms with Gasteiger partial charge >= 0.3 is 0 Å². The number of hydrogen-bond donors (Lipinski definition) is 1. The van der Waals surface area contributed by atoms with Crippen molar-refractivity contribution >= 4 is 11.8 Å². The summed E-state index contributed by atoms with van der Waals surface area (Å²) in [6, 6.07) is 10.2. The number of thioether (sulfide) groups is 1. The lowest BCUT2D eigenvalue weighted by molar-refractivity contribution is 0.164. The minimum atomic E-state index is 0.766. The summed E-state index contributed by atoms with van der Waals surface area (Å²) >= 11 is 1.68. The average molecular weight is 248 g/mol. The van der Waals surface area contributed by atoms with Gasteiger partial charge < -0.3 is 9.72 Å². The zero-order chi connectivity index (χ0) is 11.9. The molecule has 0 amide bonds. The number of hydrogen-bond acceptors (Lipinski definition) is 3. The van der Waals surface area contributed by atoms with Crippen molar-refractivity contribution in [3.63, 3.8) is 0 Å². The van der Waals surface area contributed by atoms with E-state index in [0.717, 1.165) is 35.4 Å². The molecule has 1 heterocycles. The molecule has 1 N–H and O–H groups in total. The zero-order valence-electron chi connectivity index (χ0n) is 9.85. The molecule has 4 heteroatoms. The van der Waals surface area contributed by atoms with Gasteiger partial charge in [0.25, 0.3) is 0 Å². The van der Waals surface area contributed by atoms with Crippen LogP contribution in [0.1, 0.15) is 6.92 Å². The van der Waals surface area contributed by atoms with E-state index in [2.05, 4.69) is 22.1 Å². The molecule has 1 aromatic heterocycles. The van der Waals surface area contributed by atoms with E-state index < -0.39 is 0 Å². The molecule has 90 valence electrons. The van der Waals surface area contributed by atoms with Crippen LogP contribution in [-0.2, 0) is 4.74 Å². The molecule has 0 radical (unpaired) electrons. The first-order chi connectivity index (χ1) is 8.40. The molecule has 0 saturated heterocycles. The molecule has 1 aromatic carbocycles. The van der Waals surface area contributed by atoms with Crippen molar-refractivity contribution in [1.82, 2.24) is 9.97 Å². The molecule has 0 aliphatic carbocycles. The van der Waals surface area contributed by atoms with Crippen molar-refractivity contribution < 1.29 is 4.74 Å². The highest BCUT2D eigenvalue weighted by Crippen LogP contribution is 2.20. The average Bonchev–Trinajstić information content (AvgIpc) is 2.85. The van der Waals surface area contributed by atoms with Crippen molar-refractivity contribution in [1.29, 1.82) is 0 Å². The number of rotatable bonds is 6. The van der Waals surface area contributed by atoms with E-state index in [0.29, 0.717) is 0 Å². The van der Waals surface area contributed by atoms with Crippen LogP contribution in [0.5, 0.6) is 0 Å². The van der Waals surface area contributed by atoms with Gasteiger partial charge in [0.05, 0.1) is 18.5 Å². The van der Waals surface area contributed by atoms with E-state index in [1.165, 1.54) is 0 Å². The lowest BCUT2D eigenvalue weighted by atomic mass is 10.2. The molecule has 0 fully saturated rings. The van der Waals surface area contributed by atoms with Gasteiger partial charge in [0.2, 0.25) is 0 Å². The van der Waals surface area contributed by atoms with Gasteiger partial charge in [-0.15, -0.1) is 0 Å². The molecule has 0 saturated carbocycles. The highest BCUT2D eigenvalue weighted by atomic mass is 32.2. The van der Waals surface area contributed by atoms with Crippen LogP contribution in [0.2, 0.25) is 0 Å². The first-order valence-corrected chi connectivity index (χ1v) is 6.69. The highest BCUT2D eigenvalue weighted by Gasteiger charge is 2.02. The molecule has 0 aliphatic rings. The van der Waals surface area contributed by atoms with Crippen LogP contribution in [0, 0.1) is 0 Å². The number of aromatic amines is 1. The Morgan fingerprint density at radius 2 is 2.12 bits per heavy atom. The van der Waals surface area contributed by atoms with E-state index in [9.17, 15) is 0 Å². The molecule has 0 atom stereocenters. The van der Waals surface area contributed by atoms with Gasteiger partial charge in [0.1, 0.15) is 0 Å². The second kappa shape index (κ2) is 6.47. The lowest BCUT2D eigenvalue weighted by Crippen LogP contribution is -1.96. The van der Waals surface area contributed by atoms with Gasteiger partial charge in [-0.25, -0.2) is 4.98 Å². The van der Waals surface area contributed by atoms with Crippen LogP contribution >= 0.6 is 11.8 Å². The third-order valence-electron chi connectivity index (χ3n) is 2.31. The maximum atomic E-state index is 5.28. The lowest BCUT2D eigenvalue weighted by Gasteiger charge is -1.99. The Morgan fingerprint density at radius 3 is 2.88 bits per heavy atom. The predicted octanol–water partition coefficient (Wildman–Crippen LogP) is 3.21. The van der Waals surface area contributed by atoms with Crippen molar-refractivity contribution in [2.75, 3.05) is 19.0 Å². The van der Waals surface area contributed by atoms with Crippen LogP contribution < -0.4 is 0 Å². The maximum absolute atomic E-state index is 5.28. The van der Waals surface area contributed by atoms with Crippen LogP contribution in [0.3, 0.4) is 0 Å². The van der Waals surface area contributed by atoms with Crippen molar-refractivity contribution in [2.24, 2.45) is 0 Å². The summed E-state index contributed by atoms with van der Waals surface area (Å²) in [6.45, 7) is 3.54. The summed E-state index contributed by atoms with van der Waals surface area (Å²) in [5.41, 5.74) is 2.22. The Bertz CT molecular complexity index is 442. The van der Waals surface area contributed by atoms with E-state index in [4.69, 9.17) is 4.74 Å². The van der Waals surface area contributed by atoms with Gasteiger partial charge in [0.15, 0.2) is 5.16 Å². The third-order valence-corrected chi connectivity index (χ3v) is 3.16. The largest absolute Gasteiger partial charge is 0.381 e. The van der Waals surface area contributed by atoms with Crippen molar-refractivity contribution in [3.8, 4) is 11.3 Å². The van der Waals surface area contributed by atoms with Crippen LogP contribution in [0.25, 0.3) is 11.3 Å². The van der Waals surface area contributed by atoms with E-state index >= 15 is 0 Å². The summed E-state index contributed by atoms with van der Waals surface area (Å²) < 4.78 is 5.28. The normalized spacial score (nSPS) is 10.6. The first kappa shape index (κ1) is 12.2. The molecular formula is C13H16N2OS. The van der Waals surface area contributed by atoms with Gasteiger partial charge in [-0.05, 0) is 12.5 Å². The Labute approximate surface area is 106 Å². The minimum absolute atomic E-state index is 0.766. The number of nitrogens with zero attached hydrogens (tertiary/aromatic N) is 1. The molecule has 0 spiro atoms. The zero-order valence-corrected chi connectivity index (χ0v) is 10.7. The van der Waals surface area contributed by atoms with Gasteiger partial charge in [-0.1, -0.05) is 42.1 Å². The summed E-state index contributed by atoms with van der Waals surface area (Å²) in [6.07, 6.45) is 1.87. The Morgan fingerprint density at radius 1 is 1.29 bits per heavy atom. The number of nitrogens with one attached hydrogen (secondary N) is 1. The third kappa shape index (κ3) is 3.61. The topological polar surface area (TPSA) is 37.9 Å². The van der Waals surface area contributed by atoms with Gasteiger partial charge in [-0.3, -0.25) is 0 Å². The number of ether oxygens (including phenoxy) is 1. The summed E-state index contributed by atoms with van der Waals surface area (Å²) in [5.74, 6) is 0.926. The molecule has 17 heavy (non-hydrogen) atoms. The summed E-state index contributed by atoms with van der Waals surface area (Å²) in [7, 11) is 0. The van der Waals surface area contributed by atoms with Crippen LogP contribution in [-0.4, -0.2) is 28.9 Å². The van der Waals surface area contributed by atoms with Gasteiger partial charge in [-0.2, -0.15) is 0 Å². The number of H-pyrrole nitrogens is 1. The molecule has 2 aromatic rings. The second-order valence-corrected chi connectivity index (χ2v) is 4.60. The van der Waals surface area contributed by atoms with Crippen LogP contribution in [0.15, 0.2) is 41.7 Å². The monoisotopic (exact) mass is 248 g/mol. The first-order valence-electron chi connectivity index (χ1n) is 5.71. The minimum Gasteiger partial charge on any atom is -0.381 e. The van der Waals surface area contributed by atoms with E-state index in [1.807, 2.05) is 31.3 Å². The molecule has 0 bridgehead atoms. The highest BCUT2D eigenvalue weighted by molar-refractivity contribution is 7.99. The standard InChI is InChI=1S/C13H16N2OS/c1-2-16-8-9-17-13-14-10-12(15-13)11-6-4-3-5-7-11/h3-7,10H,2,8-9H2,1H3,(H,14,15). The molecular weight excluding hydrogens is 232 g/mol. The predicted molar refractivity (Wildman–Crippen MR) is 71.2 cm³/mol. The quantitative estimate of drug-likeness (QED) is 0.630. The van der Waals surface area contributed by atoms with Crippen molar-refractivity contribution in [3.05, 3.63) is 36.5 Å². The smallest absolute Gasteiger partial charge is 0.165 e. The fraction of sp³-hybridized carbons (Fsp3) is 0.308. The Balaban J connectivity index is 1.92. The number of aromatic nitrogens is 2. The number of imidazole rings is 1. The van der Waals surface area contributed by atoms with Crippen LogP contribution in [0.4, 0.5) is 0 Å². The molecule has 2 rings (SSSR count). The SMILES string of the molecule is CCOCCSc1ncc(-c2ccccc2)[nH]1. The van der Waals surface area contributed by atoms with E-state index in [-0.39, 0.29) is 0 Å². The fourth-order valence-electron chi connectivity index (χ4n) is 1.48. The van der Waals surface area contributed by atoms with E-state index in [1.54, 1.807) is 11.8 Å². The Kier molecular flexibility index (Phi) is 4.64. The summed E-state index contributed by atoms with van der Waals surface area (Å²) in [5, 5.41) is 0.948. The number of benzene rings is 1. The molecule has 0 unspecified atom stereocenters.